The largest absolute Gasteiger partial charge is 0.464 e. The molecule has 3 N–H and O–H groups in total. The Kier molecular flexibility index (Phi) is 6.28. The maximum atomic E-state index is 12.4. The summed E-state index contributed by atoms with van der Waals surface area (Å²) in [4.78, 5) is 24.0. The molecule has 0 spiro atoms. The molecule has 0 aromatic carbocycles. The van der Waals surface area contributed by atoms with Gasteiger partial charge in [-0.15, -0.1) is 0 Å². The summed E-state index contributed by atoms with van der Waals surface area (Å²) in [6.07, 6.45) is 5.98. The van der Waals surface area contributed by atoms with Crippen LogP contribution in [0.3, 0.4) is 0 Å². The summed E-state index contributed by atoms with van der Waals surface area (Å²) in [7, 11) is 0. The molecule has 0 aliphatic heterocycles. The third-order valence-electron chi connectivity index (χ3n) is 3.92. The van der Waals surface area contributed by atoms with Gasteiger partial charge in [-0.1, -0.05) is 25.7 Å². The van der Waals surface area contributed by atoms with E-state index in [0.29, 0.717) is 13.2 Å². The number of carbonyl (C=O) groups is 2. The third-order valence-corrected chi connectivity index (χ3v) is 3.92. The molecule has 5 nitrogen and oxygen atoms in total. The molecule has 0 radical (unpaired) electrons. The Bertz CT molecular complexity index is 310. The van der Waals surface area contributed by atoms with E-state index in [4.69, 9.17) is 10.5 Å². The lowest BCUT2D eigenvalue weighted by Crippen LogP contribution is -2.50. The lowest BCUT2D eigenvalue weighted by atomic mass is 9.79. The van der Waals surface area contributed by atoms with Gasteiger partial charge in [0.15, 0.2) is 0 Å². The molecule has 19 heavy (non-hydrogen) atoms. The van der Waals surface area contributed by atoms with Crippen molar-refractivity contribution in [1.29, 1.82) is 0 Å². The first-order valence-electron chi connectivity index (χ1n) is 7.23. The van der Waals surface area contributed by atoms with E-state index in [0.717, 1.165) is 38.5 Å². The molecule has 0 aromatic heterocycles. The Morgan fingerprint density at radius 1 is 1.26 bits per heavy atom. The fourth-order valence-electron chi connectivity index (χ4n) is 2.61. The van der Waals surface area contributed by atoms with Gasteiger partial charge in [-0.2, -0.15) is 0 Å². The van der Waals surface area contributed by atoms with Crippen molar-refractivity contribution in [3.8, 4) is 0 Å². The predicted octanol–water partition coefficient (Wildman–Crippen LogP) is 1.35. The number of carbonyl (C=O) groups excluding carboxylic acids is 2. The van der Waals surface area contributed by atoms with Gasteiger partial charge in [0, 0.05) is 6.54 Å². The van der Waals surface area contributed by atoms with Gasteiger partial charge in [0.05, 0.1) is 12.0 Å². The van der Waals surface area contributed by atoms with E-state index >= 15 is 0 Å². The van der Waals surface area contributed by atoms with Crippen LogP contribution >= 0.6 is 0 Å². The first-order valence-corrected chi connectivity index (χ1v) is 7.23. The zero-order chi connectivity index (χ0) is 14.3. The SMILES string of the molecule is CCOC(=O)C(C)NC(=O)C1(CN)CCCCCC1. The second-order valence-corrected chi connectivity index (χ2v) is 5.35. The third kappa shape index (κ3) is 4.20. The normalized spacial score (nSPS) is 20.2. The number of hydrogen-bond donors (Lipinski definition) is 2. The minimum Gasteiger partial charge on any atom is -0.464 e. The van der Waals surface area contributed by atoms with Crippen LogP contribution in [0, 0.1) is 5.41 Å². The number of nitrogens with two attached hydrogens (primary N) is 1. The number of hydrogen-bond acceptors (Lipinski definition) is 4. The van der Waals surface area contributed by atoms with Crippen molar-refractivity contribution in [1.82, 2.24) is 5.32 Å². The van der Waals surface area contributed by atoms with Crippen molar-refractivity contribution in [2.24, 2.45) is 11.1 Å². The van der Waals surface area contributed by atoms with E-state index < -0.39 is 17.4 Å². The molecule has 1 aliphatic rings. The average molecular weight is 270 g/mol. The molecular weight excluding hydrogens is 244 g/mol. The molecular formula is C14H26N2O3. The Morgan fingerprint density at radius 2 is 1.84 bits per heavy atom. The van der Waals surface area contributed by atoms with Crippen LogP contribution in [-0.4, -0.2) is 31.1 Å². The fourth-order valence-corrected chi connectivity index (χ4v) is 2.61. The molecule has 1 saturated carbocycles. The summed E-state index contributed by atoms with van der Waals surface area (Å²) in [5.41, 5.74) is 5.34. The van der Waals surface area contributed by atoms with Gasteiger partial charge in [0.2, 0.25) is 5.91 Å². The van der Waals surface area contributed by atoms with Gasteiger partial charge in [-0.3, -0.25) is 4.79 Å². The predicted molar refractivity (Wildman–Crippen MR) is 73.4 cm³/mol. The minimum absolute atomic E-state index is 0.0996. The van der Waals surface area contributed by atoms with Crippen LogP contribution in [0.25, 0.3) is 0 Å². The summed E-state index contributed by atoms with van der Waals surface area (Å²) >= 11 is 0. The molecule has 1 fully saturated rings. The molecule has 1 amide bonds. The van der Waals surface area contributed by atoms with E-state index in [2.05, 4.69) is 5.32 Å². The van der Waals surface area contributed by atoms with Crippen LogP contribution in [0.15, 0.2) is 0 Å². The van der Waals surface area contributed by atoms with Crippen LogP contribution in [0.5, 0.6) is 0 Å². The smallest absolute Gasteiger partial charge is 0.328 e. The summed E-state index contributed by atoms with van der Waals surface area (Å²) in [6, 6.07) is -0.612. The summed E-state index contributed by atoms with van der Waals surface area (Å²) in [5.74, 6) is -0.492. The Hall–Kier alpha value is -1.10. The summed E-state index contributed by atoms with van der Waals surface area (Å²) in [6.45, 7) is 4.06. The van der Waals surface area contributed by atoms with Crippen molar-refractivity contribution in [2.45, 2.75) is 58.4 Å². The lowest BCUT2D eigenvalue weighted by Gasteiger charge is -2.31. The molecule has 0 bridgehead atoms. The maximum Gasteiger partial charge on any atom is 0.328 e. The van der Waals surface area contributed by atoms with Gasteiger partial charge < -0.3 is 15.8 Å². The number of ether oxygens (including phenoxy) is 1. The minimum atomic E-state index is -0.612. The van der Waals surface area contributed by atoms with Crippen molar-refractivity contribution >= 4 is 11.9 Å². The highest BCUT2D eigenvalue weighted by atomic mass is 16.5. The van der Waals surface area contributed by atoms with Crippen molar-refractivity contribution in [3.63, 3.8) is 0 Å². The van der Waals surface area contributed by atoms with Gasteiger partial charge >= 0.3 is 5.97 Å². The topological polar surface area (TPSA) is 81.4 Å². The van der Waals surface area contributed by atoms with Crippen LogP contribution in [0.2, 0.25) is 0 Å². The van der Waals surface area contributed by atoms with E-state index in [1.54, 1.807) is 13.8 Å². The highest BCUT2D eigenvalue weighted by molar-refractivity contribution is 5.88. The lowest BCUT2D eigenvalue weighted by molar-refractivity contribution is -0.148. The van der Waals surface area contributed by atoms with E-state index in [9.17, 15) is 9.59 Å². The zero-order valence-electron chi connectivity index (χ0n) is 12.0. The highest BCUT2D eigenvalue weighted by Crippen LogP contribution is 2.34. The van der Waals surface area contributed by atoms with E-state index in [1.807, 2.05) is 0 Å². The summed E-state index contributed by atoms with van der Waals surface area (Å²) in [5, 5.41) is 2.76. The van der Waals surface area contributed by atoms with Gasteiger partial charge in [0.1, 0.15) is 6.04 Å². The van der Waals surface area contributed by atoms with Crippen LogP contribution in [-0.2, 0) is 14.3 Å². The molecule has 1 rings (SSSR count). The Labute approximate surface area is 115 Å². The van der Waals surface area contributed by atoms with Gasteiger partial charge in [0.25, 0.3) is 0 Å². The molecule has 0 heterocycles. The first kappa shape index (κ1) is 16.0. The molecule has 1 unspecified atom stereocenters. The average Bonchev–Trinajstić information content (AvgIpc) is 2.65. The van der Waals surface area contributed by atoms with E-state index in [-0.39, 0.29) is 5.91 Å². The highest BCUT2D eigenvalue weighted by Gasteiger charge is 2.38. The van der Waals surface area contributed by atoms with Gasteiger partial charge in [-0.05, 0) is 26.7 Å². The molecule has 0 aromatic rings. The Morgan fingerprint density at radius 3 is 2.32 bits per heavy atom. The van der Waals surface area contributed by atoms with Crippen LogP contribution in [0.4, 0.5) is 0 Å². The fraction of sp³-hybridized carbons (Fsp3) is 0.857. The van der Waals surface area contributed by atoms with Crippen LogP contribution < -0.4 is 11.1 Å². The maximum absolute atomic E-state index is 12.4. The second-order valence-electron chi connectivity index (χ2n) is 5.35. The zero-order valence-corrected chi connectivity index (χ0v) is 12.0. The number of amides is 1. The number of rotatable bonds is 5. The molecule has 1 atom stereocenters. The molecule has 110 valence electrons. The monoisotopic (exact) mass is 270 g/mol. The number of esters is 1. The van der Waals surface area contributed by atoms with Crippen molar-refractivity contribution < 1.29 is 14.3 Å². The first-order chi connectivity index (χ1) is 9.05. The number of nitrogens with one attached hydrogen (secondary N) is 1. The quantitative estimate of drug-likeness (QED) is 0.583. The molecule has 0 saturated heterocycles. The summed E-state index contributed by atoms with van der Waals surface area (Å²) < 4.78 is 4.90. The second kappa shape index (κ2) is 7.48. The van der Waals surface area contributed by atoms with Crippen molar-refractivity contribution in [2.75, 3.05) is 13.2 Å². The molecule has 5 heteroatoms. The standard InChI is InChI=1S/C14H26N2O3/c1-3-19-12(17)11(2)16-13(18)14(10-15)8-6-4-5-7-9-14/h11H,3-10,15H2,1-2H3,(H,16,18). The molecule has 1 aliphatic carbocycles. The van der Waals surface area contributed by atoms with Gasteiger partial charge in [-0.25, -0.2) is 4.79 Å². The van der Waals surface area contributed by atoms with E-state index in [1.165, 1.54) is 0 Å². The van der Waals surface area contributed by atoms with Crippen LogP contribution in [0.1, 0.15) is 52.4 Å². The van der Waals surface area contributed by atoms with Crippen molar-refractivity contribution in [3.05, 3.63) is 0 Å². The Balaban J connectivity index is 2.65.